The summed E-state index contributed by atoms with van der Waals surface area (Å²) >= 11 is 0. The molecule has 3 aromatic rings. The lowest BCUT2D eigenvalue weighted by Gasteiger charge is -2.44. The van der Waals surface area contributed by atoms with Gasteiger partial charge in [0.05, 0.1) is 12.7 Å². The van der Waals surface area contributed by atoms with Gasteiger partial charge in [0.15, 0.2) is 0 Å². The zero-order valence-corrected chi connectivity index (χ0v) is 17.2. The third-order valence-corrected chi connectivity index (χ3v) is 6.22. The molecule has 0 bridgehead atoms. The molecular formula is C26H28O5. The predicted octanol–water partition coefficient (Wildman–Crippen LogP) is 2.60. The highest BCUT2D eigenvalue weighted by molar-refractivity contribution is 5.47. The maximum atomic E-state index is 11.2. The van der Waals surface area contributed by atoms with Crippen molar-refractivity contribution in [3.05, 3.63) is 108 Å². The molecule has 0 radical (unpaired) electrons. The lowest BCUT2D eigenvalue weighted by molar-refractivity contribution is -0.214. The average molecular weight is 421 g/mol. The Labute approximate surface area is 182 Å². The second kappa shape index (κ2) is 8.91. The van der Waals surface area contributed by atoms with Crippen molar-refractivity contribution in [3.8, 4) is 0 Å². The Balaban J connectivity index is 1.81. The average Bonchev–Trinajstić information content (AvgIpc) is 2.83. The van der Waals surface area contributed by atoms with Crippen LogP contribution >= 0.6 is 0 Å². The van der Waals surface area contributed by atoms with Crippen molar-refractivity contribution in [3.63, 3.8) is 0 Å². The Morgan fingerprint density at radius 2 is 1.16 bits per heavy atom. The second-order valence-corrected chi connectivity index (χ2v) is 8.21. The summed E-state index contributed by atoms with van der Waals surface area (Å²) in [4.78, 5) is 0. The Hall–Kier alpha value is -2.54. The molecule has 0 aromatic heterocycles. The predicted molar refractivity (Wildman–Crippen MR) is 117 cm³/mol. The van der Waals surface area contributed by atoms with E-state index in [1.165, 1.54) is 0 Å². The maximum absolute atomic E-state index is 11.2. The molecule has 1 fully saturated rings. The van der Waals surface area contributed by atoms with Gasteiger partial charge < -0.3 is 25.2 Å². The van der Waals surface area contributed by atoms with Crippen LogP contribution in [-0.4, -0.2) is 50.9 Å². The highest BCUT2D eigenvalue weighted by atomic mass is 16.5. The van der Waals surface area contributed by atoms with E-state index in [2.05, 4.69) is 0 Å². The third-order valence-electron chi connectivity index (χ3n) is 6.22. The first kappa shape index (κ1) is 21.7. The van der Waals surface area contributed by atoms with Crippen LogP contribution in [-0.2, 0) is 10.3 Å². The topological polar surface area (TPSA) is 90.2 Å². The Bertz CT molecular complexity index is 866. The number of rotatable bonds is 6. The van der Waals surface area contributed by atoms with Crippen LogP contribution in [0.15, 0.2) is 91.0 Å². The summed E-state index contributed by atoms with van der Waals surface area (Å²) in [7, 11) is 0. The van der Waals surface area contributed by atoms with E-state index in [9.17, 15) is 20.4 Å². The number of hydrogen-bond acceptors (Lipinski definition) is 5. The van der Waals surface area contributed by atoms with Crippen molar-refractivity contribution >= 4 is 0 Å². The molecule has 0 aliphatic heterocycles. The molecule has 0 spiro atoms. The Morgan fingerprint density at radius 1 is 0.742 bits per heavy atom. The van der Waals surface area contributed by atoms with Gasteiger partial charge >= 0.3 is 0 Å². The number of aliphatic hydroxyl groups is 4. The summed E-state index contributed by atoms with van der Waals surface area (Å²) in [5.41, 5.74) is -0.103. The first-order valence-electron chi connectivity index (χ1n) is 10.5. The number of ether oxygens (including phenoxy) is 1. The summed E-state index contributed by atoms with van der Waals surface area (Å²) in [6.45, 7) is -0.226. The van der Waals surface area contributed by atoms with E-state index < -0.39 is 29.5 Å². The molecule has 4 unspecified atom stereocenters. The molecule has 4 rings (SSSR count). The first-order valence-corrected chi connectivity index (χ1v) is 10.5. The number of benzene rings is 3. The van der Waals surface area contributed by atoms with E-state index in [0.717, 1.165) is 16.7 Å². The minimum absolute atomic E-state index is 0.112. The van der Waals surface area contributed by atoms with Crippen LogP contribution in [0.5, 0.6) is 0 Å². The van der Waals surface area contributed by atoms with Crippen LogP contribution in [0, 0.1) is 0 Å². The molecule has 0 amide bonds. The van der Waals surface area contributed by atoms with Gasteiger partial charge in [0, 0.05) is 0 Å². The molecular weight excluding hydrogens is 392 g/mol. The SMILES string of the molecule is OC1CCC(O)(COC(c2ccccc2)(c2ccccc2)c2ccccc2)C(O)C1O. The maximum Gasteiger partial charge on any atom is 0.143 e. The molecule has 0 saturated heterocycles. The van der Waals surface area contributed by atoms with Crippen LogP contribution in [0.25, 0.3) is 0 Å². The second-order valence-electron chi connectivity index (χ2n) is 8.21. The monoisotopic (exact) mass is 420 g/mol. The van der Waals surface area contributed by atoms with Gasteiger partial charge in [-0.15, -0.1) is 0 Å². The molecule has 1 saturated carbocycles. The van der Waals surface area contributed by atoms with Crippen molar-refractivity contribution in [1.29, 1.82) is 0 Å². The Kier molecular flexibility index (Phi) is 6.23. The van der Waals surface area contributed by atoms with Gasteiger partial charge in [-0.3, -0.25) is 0 Å². The lowest BCUT2D eigenvalue weighted by Crippen LogP contribution is -2.60. The molecule has 4 atom stereocenters. The van der Waals surface area contributed by atoms with E-state index in [1.54, 1.807) is 0 Å². The molecule has 5 heteroatoms. The van der Waals surface area contributed by atoms with Crippen molar-refractivity contribution in [2.24, 2.45) is 0 Å². The smallest absolute Gasteiger partial charge is 0.143 e. The van der Waals surface area contributed by atoms with Crippen LogP contribution in [0.3, 0.4) is 0 Å². The minimum Gasteiger partial charge on any atom is -0.390 e. The molecule has 1 aliphatic carbocycles. The normalized spacial score (nSPS) is 26.5. The van der Waals surface area contributed by atoms with Crippen molar-refractivity contribution in [1.82, 2.24) is 0 Å². The van der Waals surface area contributed by atoms with E-state index in [0.29, 0.717) is 0 Å². The molecule has 1 aliphatic rings. The van der Waals surface area contributed by atoms with Crippen molar-refractivity contribution < 1.29 is 25.2 Å². The summed E-state index contributed by atoms with van der Waals surface area (Å²) in [6.07, 6.45) is -3.73. The summed E-state index contributed by atoms with van der Waals surface area (Å²) in [5, 5.41) is 41.7. The fraction of sp³-hybridized carbons (Fsp3) is 0.308. The van der Waals surface area contributed by atoms with Crippen LogP contribution < -0.4 is 0 Å². The minimum atomic E-state index is -1.69. The molecule has 162 valence electrons. The van der Waals surface area contributed by atoms with Crippen LogP contribution in [0.1, 0.15) is 29.5 Å². The Morgan fingerprint density at radius 3 is 1.58 bits per heavy atom. The van der Waals surface area contributed by atoms with Gasteiger partial charge in [-0.25, -0.2) is 0 Å². The van der Waals surface area contributed by atoms with Gasteiger partial charge in [-0.1, -0.05) is 91.0 Å². The van der Waals surface area contributed by atoms with Crippen molar-refractivity contribution in [2.75, 3.05) is 6.61 Å². The van der Waals surface area contributed by atoms with E-state index in [4.69, 9.17) is 4.74 Å². The van der Waals surface area contributed by atoms with Gasteiger partial charge in [0.2, 0.25) is 0 Å². The number of hydrogen-bond donors (Lipinski definition) is 4. The lowest BCUT2D eigenvalue weighted by atomic mass is 9.77. The summed E-state index contributed by atoms with van der Waals surface area (Å²) in [6, 6.07) is 29.2. The molecule has 5 nitrogen and oxygen atoms in total. The molecule has 4 N–H and O–H groups in total. The first-order chi connectivity index (χ1) is 15.0. The van der Waals surface area contributed by atoms with Gasteiger partial charge in [0.1, 0.15) is 23.4 Å². The fourth-order valence-electron chi connectivity index (χ4n) is 4.40. The van der Waals surface area contributed by atoms with E-state index in [1.807, 2.05) is 91.0 Å². The van der Waals surface area contributed by atoms with Crippen LogP contribution in [0.4, 0.5) is 0 Å². The third kappa shape index (κ3) is 4.03. The highest BCUT2D eigenvalue weighted by Gasteiger charge is 2.49. The van der Waals surface area contributed by atoms with E-state index >= 15 is 0 Å². The van der Waals surface area contributed by atoms with E-state index in [-0.39, 0.29) is 19.4 Å². The zero-order chi connectivity index (χ0) is 21.9. The van der Waals surface area contributed by atoms with Gasteiger partial charge in [-0.05, 0) is 29.5 Å². The quantitative estimate of drug-likeness (QED) is 0.460. The standard InChI is InChI=1S/C26H28O5/c27-22-16-17-25(30,24(29)23(22)28)18-31-26(19-10-4-1-5-11-19,20-12-6-2-7-13-20)21-14-8-3-9-15-21/h1-15,22-24,27-30H,16-18H2. The fourth-order valence-corrected chi connectivity index (χ4v) is 4.40. The highest BCUT2D eigenvalue weighted by Crippen LogP contribution is 2.42. The molecule has 3 aromatic carbocycles. The number of aliphatic hydroxyl groups excluding tert-OH is 3. The molecule has 31 heavy (non-hydrogen) atoms. The van der Waals surface area contributed by atoms with Gasteiger partial charge in [-0.2, -0.15) is 0 Å². The summed E-state index contributed by atoms with van der Waals surface area (Å²) < 4.78 is 6.58. The van der Waals surface area contributed by atoms with Crippen LogP contribution in [0.2, 0.25) is 0 Å². The molecule has 0 heterocycles. The zero-order valence-electron chi connectivity index (χ0n) is 17.2. The largest absolute Gasteiger partial charge is 0.390 e. The van der Waals surface area contributed by atoms with Crippen molar-refractivity contribution in [2.45, 2.75) is 42.4 Å². The summed E-state index contributed by atoms with van der Waals surface area (Å²) in [5.74, 6) is 0. The van der Waals surface area contributed by atoms with Gasteiger partial charge in [0.25, 0.3) is 0 Å².